The molecular weight excluding hydrogens is 426 g/mol. The van der Waals surface area contributed by atoms with Gasteiger partial charge in [0.2, 0.25) is 11.9 Å². The first-order valence-electron chi connectivity index (χ1n) is 11.7. The maximum absolute atomic E-state index is 13.1. The number of carbonyl (C=O) groups is 2. The van der Waals surface area contributed by atoms with Crippen LogP contribution in [0.2, 0.25) is 5.02 Å². The van der Waals surface area contributed by atoms with E-state index in [9.17, 15) is 9.59 Å². The number of hydrogen-bond acceptors (Lipinski definition) is 4. The number of nitrogens with zero attached hydrogens (tertiary/aromatic N) is 2. The number of carbonyl (C=O) groups excluding carboxylic acids is 2. The van der Waals surface area contributed by atoms with Crippen molar-refractivity contribution in [3.05, 3.63) is 34.5 Å². The third-order valence-electron chi connectivity index (χ3n) is 6.97. The first-order valence-corrected chi connectivity index (χ1v) is 12.1. The van der Waals surface area contributed by atoms with Gasteiger partial charge in [-0.15, -0.1) is 0 Å². The number of likely N-dealkylation sites (tertiary alicyclic amines) is 1. The molecule has 2 amide bonds. The number of benzene rings is 1. The van der Waals surface area contributed by atoms with Gasteiger partial charge < -0.3 is 15.6 Å². The third-order valence-corrected chi connectivity index (χ3v) is 7.21. The van der Waals surface area contributed by atoms with Gasteiger partial charge in [-0.3, -0.25) is 14.9 Å². The van der Waals surface area contributed by atoms with Gasteiger partial charge in [0.25, 0.3) is 5.91 Å². The Bertz CT molecular complexity index is 1060. The molecule has 0 radical (unpaired) electrons. The number of aromatic nitrogens is 2. The van der Waals surface area contributed by atoms with Crippen LogP contribution < -0.4 is 11.1 Å². The summed E-state index contributed by atoms with van der Waals surface area (Å²) < 4.78 is 0. The van der Waals surface area contributed by atoms with Gasteiger partial charge in [-0.2, -0.15) is 0 Å². The van der Waals surface area contributed by atoms with E-state index in [1.54, 1.807) is 12.1 Å². The summed E-state index contributed by atoms with van der Waals surface area (Å²) in [4.78, 5) is 35.0. The average Bonchev–Trinajstić information content (AvgIpc) is 3.70. The Morgan fingerprint density at radius 3 is 2.53 bits per heavy atom. The fourth-order valence-electron chi connectivity index (χ4n) is 4.63. The van der Waals surface area contributed by atoms with E-state index in [0.717, 1.165) is 74.8 Å². The van der Waals surface area contributed by atoms with Gasteiger partial charge in [-0.25, -0.2) is 4.98 Å². The van der Waals surface area contributed by atoms with E-state index in [1.807, 2.05) is 11.0 Å². The van der Waals surface area contributed by atoms with Crippen LogP contribution >= 0.6 is 11.6 Å². The summed E-state index contributed by atoms with van der Waals surface area (Å²) in [6.45, 7) is 1.68. The monoisotopic (exact) mass is 455 g/mol. The molecule has 8 heteroatoms. The normalized spacial score (nSPS) is 20.3. The molecule has 32 heavy (non-hydrogen) atoms. The molecule has 0 spiro atoms. The van der Waals surface area contributed by atoms with Crippen LogP contribution in [0.5, 0.6) is 0 Å². The Morgan fingerprint density at radius 2 is 1.84 bits per heavy atom. The molecule has 1 saturated heterocycles. The first-order chi connectivity index (χ1) is 15.5. The summed E-state index contributed by atoms with van der Waals surface area (Å²) in [6, 6.07) is 5.38. The highest BCUT2D eigenvalue weighted by Gasteiger charge is 2.35. The van der Waals surface area contributed by atoms with Crippen molar-refractivity contribution < 1.29 is 9.59 Å². The predicted octanol–water partition coefficient (Wildman–Crippen LogP) is 4.21. The Balaban J connectivity index is 1.21. The zero-order valence-electron chi connectivity index (χ0n) is 18.2. The lowest BCUT2D eigenvalue weighted by molar-refractivity contribution is -0.133. The molecule has 4 N–H and O–H groups in total. The second-order valence-corrected chi connectivity index (χ2v) is 9.93. The number of halogens is 1. The van der Waals surface area contributed by atoms with Crippen molar-refractivity contribution >= 4 is 40.4 Å². The van der Waals surface area contributed by atoms with Crippen LogP contribution in [0.25, 0.3) is 11.0 Å². The molecular formula is C24H30ClN5O2. The van der Waals surface area contributed by atoms with E-state index >= 15 is 0 Å². The summed E-state index contributed by atoms with van der Waals surface area (Å²) >= 11 is 6.05. The summed E-state index contributed by atoms with van der Waals surface area (Å²) in [6.07, 6.45) is 7.78. The zero-order chi connectivity index (χ0) is 22.2. The number of anilines is 1. The van der Waals surface area contributed by atoms with E-state index in [0.29, 0.717) is 40.7 Å². The molecule has 7 nitrogen and oxygen atoms in total. The highest BCUT2D eigenvalue weighted by Crippen LogP contribution is 2.37. The highest BCUT2D eigenvalue weighted by molar-refractivity contribution is 6.31. The maximum Gasteiger partial charge on any atom is 0.255 e. The van der Waals surface area contributed by atoms with Crippen molar-refractivity contribution in [1.29, 1.82) is 0 Å². The van der Waals surface area contributed by atoms with Crippen LogP contribution in [0.4, 0.5) is 5.95 Å². The quantitative estimate of drug-likeness (QED) is 0.544. The molecule has 2 aromatic rings. The lowest BCUT2D eigenvalue weighted by Gasteiger charge is -2.32. The fraction of sp³-hybridized carbons (Fsp3) is 0.542. The number of piperidine rings is 1. The minimum Gasteiger partial charge on any atom is -0.401 e. The fourth-order valence-corrected chi connectivity index (χ4v) is 4.80. The molecule has 5 rings (SSSR count). The Kier molecular flexibility index (Phi) is 5.84. The molecule has 0 unspecified atom stereocenters. The number of aromatic amines is 1. The van der Waals surface area contributed by atoms with Gasteiger partial charge in [0, 0.05) is 35.3 Å². The number of fused-ring (bicyclic) bond motifs is 1. The lowest BCUT2D eigenvalue weighted by atomic mass is 9.89. The van der Waals surface area contributed by atoms with Crippen molar-refractivity contribution in [3.8, 4) is 0 Å². The second kappa shape index (κ2) is 8.77. The molecule has 0 bridgehead atoms. The molecule has 0 atom stereocenters. The van der Waals surface area contributed by atoms with Gasteiger partial charge in [0.15, 0.2) is 0 Å². The summed E-state index contributed by atoms with van der Waals surface area (Å²) in [7, 11) is 0. The number of rotatable bonds is 7. The molecule has 2 aliphatic carbocycles. The molecule has 2 heterocycles. The van der Waals surface area contributed by atoms with Gasteiger partial charge >= 0.3 is 0 Å². The molecule has 3 aliphatic rings. The second-order valence-electron chi connectivity index (χ2n) is 9.49. The number of amides is 2. The Labute approximate surface area is 192 Å². The largest absolute Gasteiger partial charge is 0.401 e. The Morgan fingerprint density at radius 1 is 1.12 bits per heavy atom. The minimum atomic E-state index is -0.180. The number of imidazole rings is 1. The summed E-state index contributed by atoms with van der Waals surface area (Å²) in [5.41, 5.74) is 9.34. The number of H-pyrrole nitrogens is 1. The van der Waals surface area contributed by atoms with Gasteiger partial charge in [-0.1, -0.05) is 11.6 Å². The minimum absolute atomic E-state index is 0.180. The third kappa shape index (κ3) is 4.77. The number of hydrogen-bond donors (Lipinski definition) is 3. The van der Waals surface area contributed by atoms with Gasteiger partial charge in [0.1, 0.15) is 0 Å². The van der Waals surface area contributed by atoms with Crippen LogP contribution in [-0.4, -0.2) is 39.8 Å². The molecule has 1 aliphatic heterocycles. The SMILES string of the molecule is NC(=C(CCC1CCN(C(=O)C2CC2)CC1)C(=O)Nc1nc2ccc(Cl)cc2[nH]1)C1CC1. The van der Waals surface area contributed by atoms with Crippen molar-refractivity contribution in [1.82, 2.24) is 14.9 Å². The van der Waals surface area contributed by atoms with Gasteiger partial charge in [0.05, 0.1) is 11.0 Å². The predicted molar refractivity (Wildman–Crippen MR) is 125 cm³/mol. The number of nitrogens with two attached hydrogens (primary N) is 1. The van der Waals surface area contributed by atoms with Crippen LogP contribution in [-0.2, 0) is 9.59 Å². The van der Waals surface area contributed by atoms with Crippen molar-refractivity contribution in [2.24, 2.45) is 23.5 Å². The van der Waals surface area contributed by atoms with Crippen LogP contribution in [0.1, 0.15) is 51.4 Å². The van der Waals surface area contributed by atoms with Crippen molar-refractivity contribution in [2.75, 3.05) is 18.4 Å². The highest BCUT2D eigenvalue weighted by atomic mass is 35.5. The average molecular weight is 456 g/mol. The molecule has 170 valence electrons. The first kappa shape index (κ1) is 21.3. The van der Waals surface area contributed by atoms with Gasteiger partial charge in [-0.05, 0) is 81.4 Å². The number of allylic oxidation sites excluding steroid dienone is 1. The Hall–Kier alpha value is -2.54. The summed E-state index contributed by atoms with van der Waals surface area (Å²) in [5.74, 6) is 1.69. The molecule has 1 aromatic heterocycles. The smallest absolute Gasteiger partial charge is 0.255 e. The maximum atomic E-state index is 13.1. The van der Waals surface area contributed by atoms with Crippen molar-refractivity contribution in [3.63, 3.8) is 0 Å². The van der Waals surface area contributed by atoms with E-state index in [-0.39, 0.29) is 11.8 Å². The molecule has 1 aromatic carbocycles. The number of nitrogens with one attached hydrogen (secondary N) is 2. The molecule has 3 fully saturated rings. The van der Waals surface area contributed by atoms with Crippen LogP contribution in [0.15, 0.2) is 29.5 Å². The lowest BCUT2D eigenvalue weighted by Crippen LogP contribution is -2.39. The zero-order valence-corrected chi connectivity index (χ0v) is 19.0. The summed E-state index contributed by atoms with van der Waals surface area (Å²) in [5, 5.41) is 3.52. The molecule has 2 saturated carbocycles. The van der Waals surface area contributed by atoms with Crippen molar-refractivity contribution in [2.45, 2.75) is 51.4 Å². The van der Waals surface area contributed by atoms with E-state index < -0.39 is 0 Å². The van der Waals surface area contributed by atoms with Crippen LogP contribution in [0.3, 0.4) is 0 Å². The van der Waals surface area contributed by atoms with Crippen LogP contribution in [0, 0.1) is 17.8 Å². The standard InChI is InChI=1S/C24H30ClN5O2/c25-17-6-8-19-20(13-17)28-24(27-19)29-22(31)18(21(26)15-2-3-15)7-1-14-9-11-30(12-10-14)23(32)16-4-5-16/h6,8,13-16H,1-5,7,9-12,26H2,(H2,27,28,29,31). The van der Waals surface area contributed by atoms with E-state index in [4.69, 9.17) is 17.3 Å². The topological polar surface area (TPSA) is 104 Å². The van der Waals surface area contributed by atoms with E-state index in [2.05, 4.69) is 15.3 Å². The van der Waals surface area contributed by atoms with E-state index in [1.165, 1.54) is 0 Å².